The lowest BCUT2D eigenvalue weighted by atomic mass is 9.70. The Morgan fingerprint density at radius 3 is 2.52 bits per heavy atom. The molecule has 0 aliphatic heterocycles. The van der Waals surface area contributed by atoms with E-state index in [1.165, 1.54) is 56.4 Å². The predicted molar refractivity (Wildman–Crippen MR) is 87.3 cm³/mol. The summed E-state index contributed by atoms with van der Waals surface area (Å²) in [5.41, 5.74) is 4.02. The van der Waals surface area contributed by atoms with E-state index in [0.29, 0.717) is 5.56 Å². The zero-order valence-corrected chi connectivity index (χ0v) is 13.0. The summed E-state index contributed by atoms with van der Waals surface area (Å²) in [7, 11) is 0. The molecule has 0 radical (unpaired) electrons. The second kappa shape index (κ2) is 6.89. The summed E-state index contributed by atoms with van der Waals surface area (Å²) in [5.74, 6) is 1.25. The third-order valence-corrected chi connectivity index (χ3v) is 5.02. The number of rotatable bonds is 3. The average Bonchev–Trinajstić information content (AvgIpc) is 2.59. The normalized spacial score (nSPS) is 25.7. The van der Waals surface area contributed by atoms with Crippen LogP contribution in [0.15, 0.2) is 29.4 Å². The lowest BCUT2D eigenvalue weighted by Crippen LogP contribution is -2.29. The summed E-state index contributed by atoms with van der Waals surface area (Å²) in [4.78, 5) is 22.2. The molecule has 1 aromatic carbocycles. The molecule has 2 aliphatic carbocycles. The van der Waals surface area contributed by atoms with Crippen LogP contribution in [0.25, 0.3) is 0 Å². The largest absolute Gasteiger partial charge is 0.271 e. The molecule has 0 spiro atoms. The number of hydrogen-bond acceptors (Lipinski definition) is 4. The van der Waals surface area contributed by atoms with Gasteiger partial charge in [-0.25, -0.2) is 5.43 Å². The lowest BCUT2D eigenvalue weighted by Gasteiger charge is -2.35. The number of nitrogens with zero attached hydrogens (tertiary/aromatic N) is 2. The molecule has 3 rings (SSSR count). The Morgan fingerprint density at radius 1 is 1.13 bits per heavy atom. The number of fused-ring (bicyclic) bond motifs is 1. The van der Waals surface area contributed by atoms with Gasteiger partial charge in [0, 0.05) is 23.4 Å². The molecule has 0 aromatic heterocycles. The van der Waals surface area contributed by atoms with Crippen LogP contribution in [0.3, 0.4) is 0 Å². The molecular formula is C17H21N3O3. The van der Waals surface area contributed by atoms with Crippen molar-refractivity contribution < 1.29 is 9.72 Å². The number of amides is 1. The molecule has 0 saturated heterocycles. The minimum absolute atomic E-state index is 0.0246. The Labute approximate surface area is 135 Å². The number of non-ortho nitro benzene ring substituents is 1. The van der Waals surface area contributed by atoms with Crippen molar-refractivity contribution in [1.29, 1.82) is 0 Å². The first-order valence-electron chi connectivity index (χ1n) is 8.23. The lowest BCUT2D eigenvalue weighted by molar-refractivity contribution is -0.384. The van der Waals surface area contributed by atoms with E-state index in [1.54, 1.807) is 0 Å². The molecule has 2 aliphatic rings. The zero-order valence-electron chi connectivity index (χ0n) is 13.0. The quantitative estimate of drug-likeness (QED) is 0.682. The van der Waals surface area contributed by atoms with Crippen molar-refractivity contribution in [3.63, 3.8) is 0 Å². The number of hydrogen-bond donors (Lipinski definition) is 1. The smallest absolute Gasteiger partial charge is 0.267 e. The molecule has 0 unspecified atom stereocenters. The Hall–Kier alpha value is -2.24. The van der Waals surface area contributed by atoms with Gasteiger partial charge in [-0.3, -0.25) is 14.9 Å². The van der Waals surface area contributed by atoms with E-state index in [1.807, 2.05) is 0 Å². The summed E-state index contributed by atoms with van der Waals surface area (Å²) in [5, 5.41) is 14.9. The molecule has 23 heavy (non-hydrogen) atoms. The summed E-state index contributed by atoms with van der Waals surface area (Å²) in [6, 6.07) is 5.56. The minimum atomic E-state index is -0.482. The number of nitro groups is 1. The third kappa shape index (κ3) is 3.75. The van der Waals surface area contributed by atoms with Crippen LogP contribution < -0.4 is 5.43 Å². The highest BCUT2D eigenvalue weighted by molar-refractivity contribution is 5.95. The molecule has 2 fully saturated rings. The van der Waals surface area contributed by atoms with E-state index in [-0.39, 0.29) is 11.6 Å². The molecule has 6 heteroatoms. The highest BCUT2D eigenvalue weighted by atomic mass is 16.6. The fourth-order valence-electron chi connectivity index (χ4n) is 3.72. The summed E-state index contributed by atoms with van der Waals surface area (Å²) in [6.07, 6.45) is 8.41. The van der Waals surface area contributed by atoms with E-state index < -0.39 is 4.92 Å². The SMILES string of the molecule is O=C(N/N=C1/CC[C@@H]2CCCC[C@H]2C1)c1ccc([N+](=O)[O-])cc1. The van der Waals surface area contributed by atoms with Crippen molar-refractivity contribution in [3.05, 3.63) is 39.9 Å². The molecule has 1 N–H and O–H groups in total. The standard InChI is InChI=1S/C17H21N3O3/c21-17(13-6-9-16(10-7-13)20(22)23)19-18-15-8-5-12-3-1-2-4-14(12)11-15/h6-7,9-10,12,14H,1-5,8,11H2,(H,19,21)/b18-15-/t12-,14-/m0/s1. The second-order valence-electron chi connectivity index (χ2n) is 6.47. The summed E-state index contributed by atoms with van der Waals surface area (Å²) >= 11 is 0. The van der Waals surface area contributed by atoms with Crippen molar-refractivity contribution in [1.82, 2.24) is 5.43 Å². The van der Waals surface area contributed by atoms with Crippen molar-refractivity contribution in [3.8, 4) is 0 Å². The number of nitrogens with one attached hydrogen (secondary N) is 1. The van der Waals surface area contributed by atoms with Crippen LogP contribution in [0.1, 0.15) is 55.3 Å². The number of carbonyl (C=O) groups is 1. The van der Waals surface area contributed by atoms with Crippen LogP contribution >= 0.6 is 0 Å². The fraction of sp³-hybridized carbons (Fsp3) is 0.529. The maximum absolute atomic E-state index is 12.1. The average molecular weight is 315 g/mol. The monoisotopic (exact) mass is 315 g/mol. The zero-order chi connectivity index (χ0) is 16.2. The molecule has 2 atom stereocenters. The van der Waals surface area contributed by atoms with E-state index in [4.69, 9.17) is 0 Å². The maximum atomic E-state index is 12.1. The predicted octanol–water partition coefficient (Wildman–Crippen LogP) is 3.67. The second-order valence-corrected chi connectivity index (χ2v) is 6.47. The first-order chi connectivity index (χ1) is 11.1. The Bertz CT molecular complexity index is 624. The number of hydrazone groups is 1. The van der Waals surface area contributed by atoms with Crippen molar-refractivity contribution >= 4 is 17.3 Å². The van der Waals surface area contributed by atoms with Gasteiger partial charge >= 0.3 is 0 Å². The Balaban J connectivity index is 1.58. The summed E-state index contributed by atoms with van der Waals surface area (Å²) < 4.78 is 0. The fourth-order valence-corrected chi connectivity index (χ4v) is 3.72. The molecule has 122 valence electrons. The van der Waals surface area contributed by atoms with Crippen LogP contribution in [0.5, 0.6) is 0 Å². The van der Waals surface area contributed by atoms with Gasteiger partial charge in [-0.2, -0.15) is 5.10 Å². The maximum Gasteiger partial charge on any atom is 0.271 e. The number of nitro benzene ring substituents is 1. The van der Waals surface area contributed by atoms with Gasteiger partial charge in [0.25, 0.3) is 11.6 Å². The number of benzene rings is 1. The third-order valence-electron chi connectivity index (χ3n) is 5.02. The topological polar surface area (TPSA) is 84.6 Å². The van der Waals surface area contributed by atoms with Crippen LogP contribution in [0.2, 0.25) is 0 Å². The first-order valence-corrected chi connectivity index (χ1v) is 8.23. The van der Waals surface area contributed by atoms with Gasteiger partial charge in [0.15, 0.2) is 0 Å². The molecule has 1 aromatic rings. The highest BCUT2D eigenvalue weighted by Gasteiger charge is 2.30. The van der Waals surface area contributed by atoms with Crippen molar-refractivity contribution in [2.45, 2.75) is 44.9 Å². The highest BCUT2D eigenvalue weighted by Crippen LogP contribution is 2.39. The van der Waals surface area contributed by atoms with Crippen LogP contribution in [-0.4, -0.2) is 16.5 Å². The van der Waals surface area contributed by atoms with Gasteiger partial charge in [-0.15, -0.1) is 0 Å². The van der Waals surface area contributed by atoms with Crippen LogP contribution in [0, 0.1) is 22.0 Å². The first kappa shape index (κ1) is 15.6. The Kier molecular flexibility index (Phi) is 4.69. The van der Waals surface area contributed by atoms with Crippen LogP contribution in [0.4, 0.5) is 5.69 Å². The Morgan fingerprint density at radius 2 is 1.83 bits per heavy atom. The van der Waals surface area contributed by atoms with Gasteiger partial charge in [0.2, 0.25) is 0 Å². The van der Waals surface area contributed by atoms with Crippen molar-refractivity contribution in [2.75, 3.05) is 0 Å². The number of carbonyl (C=O) groups excluding carboxylic acids is 1. The van der Waals surface area contributed by atoms with Crippen LogP contribution in [-0.2, 0) is 0 Å². The van der Waals surface area contributed by atoms with E-state index in [0.717, 1.165) is 30.4 Å². The van der Waals surface area contributed by atoms with Crippen molar-refractivity contribution in [2.24, 2.45) is 16.9 Å². The van der Waals surface area contributed by atoms with Gasteiger partial charge < -0.3 is 0 Å². The summed E-state index contributed by atoms with van der Waals surface area (Å²) in [6.45, 7) is 0. The van der Waals surface area contributed by atoms with E-state index in [9.17, 15) is 14.9 Å². The van der Waals surface area contributed by atoms with Gasteiger partial charge in [0.1, 0.15) is 0 Å². The van der Waals surface area contributed by atoms with Gasteiger partial charge in [0.05, 0.1) is 4.92 Å². The van der Waals surface area contributed by atoms with E-state index in [2.05, 4.69) is 10.5 Å². The van der Waals surface area contributed by atoms with E-state index >= 15 is 0 Å². The molecule has 0 bridgehead atoms. The molecule has 2 saturated carbocycles. The van der Waals surface area contributed by atoms with Gasteiger partial charge in [-0.1, -0.05) is 19.3 Å². The molecule has 1 amide bonds. The minimum Gasteiger partial charge on any atom is -0.267 e. The molecule has 6 nitrogen and oxygen atoms in total. The molecular weight excluding hydrogens is 294 g/mol. The molecule has 0 heterocycles. The van der Waals surface area contributed by atoms with Gasteiger partial charge in [-0.05, 0) is 49.7 Å².